The number of rotatable bonds is 5. The molecule has 1 aliphatic rings. The molecule has 0 saturated carbocycles. The highest BCUT2D eigenvalue weighted by molar-refractivity contribution is 5.94. The number of nitrogens with zero attached hydrogens (tertiary/aromatic N) is 1. The lowest BCUT2D eigenvalue weighted by Crippen LogP contribution is -2.36. The fourth-order valence-corrected chi connectivity index (χ4v) is 2.05. The number of hydrogen-bond donors (Lipinski definition) is 3. The van der Waals surface area contributed by atoms with Crippen molar-refractivity contribution in [2.75, 3.05) is 18.4 Å². The molecule has 2 rings (SSSR count). The first-order valence-corrected chi connectivity index (χ1v) is 6.44. The van der Waals surface area contributed by atoms with E-state index in [1.54, 1.807) is 24.5 Å². The third-order valence-corrected chi connectivity index (χ3v) is 2.99. The Morgan fingerprint density at radius 3 is 2.76 bits per heavy atom. The molecule has 0 radical (unpaired) electrons. The van der Waals surface area contributed by atoms with Crippen molar-refractivity contribution < 1.29 is 9.59 Å². The minimum Gasteiger partial charge on any atom is -0.347 e. The normalized spacial score (nSPS) is 16.3. The summed E-state index contributed by atoms with van der Waals surface area (Å²) >= 11 is 0. The van der Waals surface area contributed by atoms with Gasteiger partial charge in [0.15, 0.2) is 0 Å². The van der Waals surface area contributed by atoms with Crippen molar-refractivity contribution in [1.29, 1.82) is 0 Å². The van der Waals surface area contributed by atoms with Crippen LogP contribution in [-0.2, 0) is 9.59 Å². The van der Waals surface area contributed by atoms with Crippen LogP contribution in [0.5, 0.6) is 0 Å². The Hall–Kier alpha value is -1.37. The molecular weight excluding hydrogens is 315 g/mol. The lowest BCUT2D eigenvalue weighted by molar-refractivity contribution is -0.124. The second kappa shape index (κ2) is 10.4. The molecule has 1 atom stereocenters. The van der Waals surface area contributed by atoms with Gasteiger partial charge in [-0.3, -0.25) is 14.6 Å². The van der Waals surface area contributed by atoms with Crippen molar-refractivity contribution >= 4 is 42.3 Å². The van der Waals surface area contributed by atoms with Crippen molar-refractivity contribution in [1.82, 2.24) is 15.6 Å². The van der Waals surface area contributed by atoms with Gasteiger partial charge in [-0.05, 0) is 31.5 Å². The van der Waals surface area contributed by atoms with Gasteiger partial charge in [0.2, 0.25) is 11.8 Å². The molecule has 1 aromatic rings. The number of aromatic nitrogens is 1. The van der Waals surface area contributed by atoms with Crippen LogP contribution >= 0.6 is 24.8 Å². The van der Waals surface area contributed by atoms with Crippen molar-refractivity contribution in [3.63, 3.8) is 0 Å². The molecule has 1 aliphatic heterocycles. The molecule has 1 unspecified atom stereocenters. The van der Waals surface area contributed by atoms with E-state index in [9.17, 15) is 9.59 Å². The molecule has 118 valence electrons. The van der Waals surface area contributed by atoms with Crippen molar-refractivity contribution in [3.05, 3.63) is 24.5 Å². The van der Waals surface area contributed by atoms with E-state index in [1.165, 1.54) is 0 Å². The number of amides is 2. The molecular formula is C13H20Cl2N4O2. The van der Waals surface area contributed by atoms with Crippen LogP contribution in [0.15, 0.2) is 24.5 Å². The van der Waals surface area contributed by atoms with Gasteiger partial charge in [-0.1, -0.05) is 0 Å². The third-order valence-electron chi connectivity index (χ3n) is 2.99. The highest BCUT2D eigenvalue weighted by atomic mass is 35.5. The van der Waals surface area contributed by atoms with Crippen molar-refractivity contribution in [3.8, 4) is 0 Å². The van der Waals surface area contributed by atoms with Crippen LogP contribution in [-0.4, -0.2) is 35.9 Å². The summed E-state index contributed by atoms with van der Waals surface area (Å²) < 4.78 is 0. The van der Waals surface area contributed by atoms with E-state index in [-0.39, 0.29) is 49.2 Å². The van der Waals surface area contributed by atoms with E-state index in [0.717, 1.165) is 19.4 Å². The number of pyridine rings is 1. The average Bonchev–Trinajstić information content (AvgIpc) is 2.90. The predicted molar refractivity (Wildman–Crippen MR) is 86.0 cm³/mol. The molecule has 1 aromatic heterocycles. The average molecular weight is 335 g/mol. The summed E-state index contributed by atoms with van der Waals surface area (Å²) in [7, 11) is 0. The second-order valence-electron chi connectivity index (χ2n) is 4.56. The minimum absolute atomic E-state index is 0. The summed E-state index contributed by atoms with van der Waals surface area (Å²) in [4.78, 5) is 27.1. The van der Waals surface area contributed by atoms with Gasteiger partial charge in [0, 0.05) is 18.7 Å². The van der Waals surface area contributed by atoms with Gasteiger partial charge < -0.3 is 16.0 Å². The first-order chi connectivity index (χ1) is 9.24. The van der Waals surface area contributed by atoms with Gasteiger partial charge in [0.05, 0.1) is 18.4 Å². The zero-order valence-corrected chi connectivity index (χ0v) is 13.1. The predicted octanol–water partition coefficient (Wildman–Crippen LogP) is 1.12. The number of nitrogens with one attached hydrogen (secondary N) is 3. The summed E-state index contributed by atoms with van der Waals surface area (Å²) in [5.74, 6) is -0.346. The zero-order chi connectivity index (χ0) is 13.5. The Balaban J connectivity index is 0.00000200. The lowest BCUT2D eigenvalue weighted by Gasteiger charge is -2.10. The maximum atomic E-state index is 11.6. The monoisotopic (exact) mass is 334 g/mol. The summed E-state index contributed by atoms with van der Waals surface area (Å²) in [6.45, 7) is 0.958. The molecule has 2 heterocycles. The number of halogens is 2. The van der Waals surface area contributed by atoms with Gasteiger partial charge in [-0.15, -0.1) is 24.8 Å². The number of anilines is 1. The molecule has 3 N–H and O–H groups in total. The standard InChI is InChI=1S/C13H18N4O2.2ClH/c18-12(7-10-3-2-6-15-10)16-9-13(19)17-11-4-1-5-14-8-11;;/h1,4-5,8,10,15H,2-3,6-7,9H2,(H,16,18)(H,17,19);2*1H. The van der Waals surface area contributed by atoms with E-state index in [0.29, 0.717) is 12.1 Å². The van der Waals surface area contributed by atoms with Gasteiger partial charge in [-0.2, -0.15) is 0 Å². The van der Waals surface area contributed by atoms with Gasteiger partial charge >= 0.3 is 0 Å². The Morgan fingerprint density at radius 1 is 1.33 bits per heavy atom. The van der Waals surface area contributed by atoms with Crippen LogP contribution in [0.1, 0.15) is 19.3 Å². The number of hydrogen-bond acceptors (Lipinski definition) is 4. The van der Waals surface area contributed by atoms with Gasteiger partial charge in [0.25, 0.3) is 0 Å². The number of carbonyl (C=O) groups excluding carboxylic acids is 2. The zero-order valence-electron chi connectivity index (χ0n) is 11.5. The third kappa shape index (κ3) is 7.27. The van der Waals surface area contributed by atoms with Crippen LogP contribution < -0.4 is 16.0 Å². The van der Waals surface area contributed by atoms with E-state index >= 15 is 0 Å². The molecule has 1 saturated heterocycles. The quantitative estimate of drug-likeness (QED) is 0.753. The highest BCUT2D eigenvalue weighted by Gasteiger charge is 2.17. The lowest BCUT2D eigenvalue weighted by atomic mass is 10.1. The first kappa shape index (κ1) is 19.6. The Kier molecular flexibility index (Phi) is 9.69. The first-order valence-electron chi connectivity index (χ1n) is 6.44. The van der Waals surface area contributed by atoms with Gasteiger partial charge in [-0.25, -0.2) is 0 Å². The Morgan fingerprint density at radius 2 is 2.14 bits per heavy atom. The molecule has 6 nitrogen and oxygen atoms in total. The summed E-state index contributed by atoms with van der Waals surface area (Å²) in [5.41, 5.74) is 0.624. The van der Waals surface area contributed by atoms with Crippen LogP contribution in [0.2, 0.25) is 0 Å². The molecule has 0 spiro atoms. The Labute approximate surface area is 136 Å². The SMILES string of the molecule is Cl.Cl.O=C(CC1CCCN1)NCC(=O)Nc1cccnc1. The molecule has 0 aliphatic carbocycles. The van der Waals surface area contributed by atoms with E-state index in [4.69, 9.17) is 0 Å². The van der Waals surface area contributed by atoms with E-state index in [1.807, 2.05) is 0 Å². The molecule has 0 aromatic carbocycles. The number of carbonyl (C=O) groups is 2. The molecule has 1 fully saturated rings. The maximum Gasteiger partial charge on any atom is 0.243 e. The summed E-state index contributed by atoms with van der Waals surface area (Å²) in [6.07, 6.45) is 5.75. The summed E-state index contributed by atoms with van der Waals surface area (Å²) in [5, 5.41) is 8.52. The molecule has 21 heavy (non-hydrogen) atoms. The van der Waals surface area contributed by atoms with Crippen LogP contribution in [0.25, 0.3) is 0 Å². The fraction of sp³-hybridized carbons (Fsp3) is 0.462. The Bertz CT molecular complexity index is 439. The smallest absolute Gasteiger partial charge is 0.243 e. The highest BCUT2D eigenvalue weighted by Crippen LogP contribution is 2.08. The van der Waals surface area contributed by atoms with Crippen LogP contribution in [0.3, 0.4) is 0 Å². The largest absolute Gasteiger partial charge is 0.347 e. The molecule has 8 heteroatoms. The van der Waals surface area contributed by atoms with Gasteiger partial charge in [0.1, 0.15) is 0 Å². The minimum atomic E-state index is -0.249. The van der Waals surface area contributed by atoms with Crippen LogP contribution in [0, 0.1) is 0 Å². The van der Waals surface area contributed by atoms with Crippen molar-refractivity contribution in [2.24, 2.45) is 0 Å². The summed E-state index contributed by atoms with van der Waals surface area (Å²) in [6, 6.07) is 3.73. The fourth-order valence-electron chi connectivity index (χ4n) is 2.05. The second-order valence-corrected chi connectivity index (χ2v) is 4.56. The topological polar surface area (TPSA) is 83.1 Å². The maximum absolute atomic E-state index is 11.6. The van der Waals surface area contributed by atoms with Crippen molar-refractivity contribution in [2.45, 2.75) is 25.3 Å². The van der Waals surface area contributed by atoms with Crippen LogP contribution in [0.4, 0.5) is 5.69 Å². The van der Waals surface area contributed by atoms with E-state index < -0.39 is 0 Å². The molecule has 2 amide bonds. The van der Waals surface area contributed by atoms with E-state index in [2.05, 4.69) is 20.9 Å². The molecule has 0 bridgehead atoms.